The van der Waals surface area contributed by atoms with E-state index in [2.05, 4.69) is 6.07 Å². The number of rotatable bonds is 13. The van der Waals surface area contributed by atoms with Crippen molar-refractivity contribution in [3.05, 3.63) is 107 Å². The summed E-state index contributed by atoms with van der Waals surface area (Å²) in [5, 5.41) is 19.7. The molecule has 0 radical (unpaired) electrons. The van der Waals surface area contributed by atoms with Crippen molar-refractivity contribution in [1.82, 2.24) is 0 Å². The minimum Gasteiger partial charge on any atom is -0.494 e. The van der Waals surface area contributed by atoms with Crippen molar-refractivity contribution < 1.29 is 37.2 Å². The van der Waals surface area contributed by atoms with E-state index < -0.39 is 35.2 Å². The van der Waals surface area contributed by atoms with Crippen LogP contribution in [0.4, 0.5) is 24.5 Å². The number of benzene rings is 4. The summed E-state index contributed by atoms with van der Waals surface area (Å²) in [5.41, 5.74) is 0.143. The number of aliphatic hydroxyl groups excluding tert-OH is 1. The number of ether oxygens (including phenoxy) is 4. The Balaban J connectivity index is 1.46. The van der Waals surface area contributed by atoms with Gasteiger partial charge in [-0.15, -0.1) is 0 Å². The topological polar surface area (TPSA) is 87.4 Å². The van der Waals surface area contributed by atoms with E-state index in [1.54, 1.807) is 53.4 Å². The molecule has 2 aliphatic heterocycles. The number of nitrogens with zero attached hydrogens (tertiary/aromatic N) is 3. The number of piperidine rings is 1. The van der Waals surface area contributed by atoms with Gasteiger partial charge in [0.25, 0.3) is 0 Å². The summed E-state index contributed by atoms with van der Waals surface area (Å²) in [7, 11) is 0. The Morgan fingerprint density at radius 3 is 2.02 bits per heavy atom. The largest absolute Gasteiger partial charge is 0.494 e. The summed E-state index contributed by atoms with van der Waals surface area (Å²) in [6.45, 7) is 7.16. The molecule has 0 aromatic heterocycles. The van der Waals surface area contributed by atoms with Crippen molar-refractivity contribution in [3.63, 3.8) is 0 Å². The van der Waals surface area contributed by atoms with E-state index in [1.165, 1.54) is 18.2 Å². The summed E-state index contributed by atoms with van der Waals surface area (Å²) in [4.78, 5) is 3.79. The minimum absolute atomic E-state index is 0.0224. The van der Waals surface area contributed by atoms with Gasteiger partial charge in [-0.2, -0.15) is 5.26 Å². The fourth-order valence-electron chi connectivity index (χ4n) is 7.49. The van der Waals surface area contributed by atoms with Crippen LogP contribution >= 0.6 is 0 Å². The van der Waals surface area contributed by atoms with Gasteiger partial charge in [-0.25, -0.2) is 13.2 Å². The molecule has 0 saturated carbocycles. The van der Waals surface area contributed by atoms with Crippen molar-refractivity contribution in [3.8, 4) is 29.1 Å². The number of halogens is 3. The van der Waals surface area contributed by atoms with Crippen molar-refractivity contribution in [1.29, 1.82) is 5.26 Å². The molecule has 8 nitrogen and oxygen atoms in total. The molecule has 11 heteroatoms. The minimum atomic E-state index is -1.37. The van der Waals surface area contributed by atoms with Gasteiger partial charge >= 0.3 is 0 Å². The van der Waals surface area contributed by atoms with Gasteiger partial charge in [0.05, 0.1) is 50.1 Å². The molecule has 274 valence electrons. The van der Waals surface area contributed by atoms with Gasteiger partial charge in [0, 0.05) is 54.9 Å². The molecule has 4 atom stereocenters. The molecule has 2 heterocycles. The van der Waals surface area contributed by atoms with E-state index in [1.807, 2.05) is 37.8 Å². The normalized spacial score (nSPS) is 21.5. The van der Waals surface area contributed by atoms with Gasteiger partial charge in [-0.05, 0) is 100.0 Å². The molecule has 2 saturated heterocycles. The lowest BCUT2D eigenvalue weighted by atomic mass is 9.77. The lowest BCUT2D eigenvalue weighted by molar-refractivity contribution is 0.0213. The number of hydrogen-bond acceptors (Lipinski definition) is 8. The van der Waals surface area contributed by atoms with Crippen molar-refractivity contribution in [2.75, 3.05) is 42.7 Å². The van der Waals surface area contributed by atoms with Crippen LogP contribution in [0, 0.1) is 28.8 Å². The average Bonchev–Trinajstić information content (AvgIpc) is 3.51. The zero-order valence-corrected chi connectivity index (χ0v) is 29.7. The number of aliphatic hydroxyl groups is 1. The van der Waals surface area contributed by atoms with Crippen LogP contribution in [-0.4, -0.2) is 50.2 Å². The summed E-state index contributed by atoms with van der Waals surface area (Å²) in [5.74, 6) is 0.238. The average molecular weight is 716 g/mol. The molecule has 6 rings (SSSR count). The predicted octanol–water partition coefficient (Wildman–Crippen LogP) is 8.47. The highest BCUT2D eigenvalue weighted by Gasteiger charge is 2.47. The highest BCUT2D eigenvalue weighted by molar-refractivity contribution is 5.56. The number of hydrogen-bond donors (Lipinski definition) is 1. The van der Waals surface area contributed by atoms with Crippen LogP contribution in [0.25, 0.3) is 0 Å². The molecule has 0 spiro atoms. The van der Waals surface area contributed by atoms with Crippen molar-refractivity contribution >= 4 is 11.4 Å². The second kappa shape index (κ2) is 16.1. The smallest absolute Gasteiger partial charge is 0.146 e. The molecular formula is C41H44F3N3O5. The zero-order valence-electron chi connectivity index (χ0n) is 29.7. The molecular weight excluding hydrogens is 671 g/mol. The quantitative estimate of drug-likeness (QED) is 0.148. The van der Waals surface area contributed by atoms with Gasteiger partial charge in [-0.3, -0.25) is 0 Å². The number of β-amino-alcohol motifs (C(OH)–C–C–N with tert-alkyl or cyclic N) is 1. The molecule has 0 amide bonds. The van der Waals surface area contributed by atoms with Crippen LogP contribution in [0.3, 0.4) is 0 Å². The third-order valence-corrected chi connectivity index (χ3v) is 9.77. The van der Waals surface area contributed by atoms with Crippen LogP contribution in [0.2, 0.25) is 0 Å². The van der Waals surface area contributed by atoms with Crippen LogP contribution in [0.15, 0.2) is 78.9 Å². The Morgan fingerprint density at radius 2 is 1.37 bits per heavy atom. The van der Waals surface area contributed by atoms with Crippen molar-refractivity contribution in [2.45, 2.75) is 70.2 Å². The lowest BCUT2D eigenvalue weighted by Gasteiger charge is -2.48. The zero-order chi connectivity index (χ0) is 36.8. The molecule has 4 aromatic rings. The van der Waals surface area contributed by atoms with E-state index in [0.717, 1.165) is 5.69 Å². The maximum Gasteiger partial charge on any atom is 0.146 e. The summed E-state index contributed by atoms with van der Waals surface area (Å²) < 4.78 is 72.1. The Bertz CT molecular complexity index is 1890. The first-order valence-electron chi connectivity index (χ1n) is 17.8. The van der Waals surface area contributed by atoms with E-state index in [4.69, 9.17) is 18.9 Å². The summed E-state index contributed by atoms with van der Waals surface area (Å²) >= 11 is 0. The second-order valence-electron chi connectivity index (χ2n) is 13.0. The molecule has 4 aromatic carbocycles. The molecule has 2 fully saturated rings. The molecule has 0 aliphatic carbocycles. The Kier molecular flexibility index (Phi) is 11.3. The maximum absolute atomic E-state index is 16.2. The van der Waals surface area contributed by atoms with Gasteiger partial charge in [0.15, 0.2) is 0 Å². The standard InChI is InChI=1S/C41H44F3N3O5/c1-4-49-31-11-14-36(42)34(22-31)40-25-41(35-23-32(50-5-2)12-15-37(35)43,18-20-46(40)39-24-33(51-6-3)13-16-38(39)44)52-30-9-7-27(8-10-30)47-26-29(48)21-28(47)17-19-45/h7-16,22-24,28-29,40,48H,4-6,17-18,20-21,25-26H2,1-3H3. The summed E-state index contributed by atoms with van der Waals surface area (Å²) in [6.07, 6.45) is 0.457. The first kappa shape index (κ1) is 36.7. The Hall–Kier alpha value is -5.08. The fourth-order valence-corrected chi connectivity index (χ4v) is 7.49. The third-order valence-electron chi connectivity index (χ3n) is 9.77. The molecule has 52 heavy (non-hydrogen) atoms. The predicted molar refractivity (Wildman–Crippen MR) is 193 cm³/mol. The van der Waals surface area contributed by atoms with Crippen LogP contribution in [0.1, 0.15) is 63.6 Å². The maximum atomic E-state index is 16.2. The second-order valence-corrected chi connectivity index (χ2v) is 13.0. The summed E-state index contributed by atoms with van der Waals surface area (Å²) in [6, 6.07) is 22.0. The third kappa shape index (κ3) is 7.72. The monoisotopic (exact) mass is 715 g/mol. The Morgan fingerprint density at radius 1 is 0.769 bits per heavy atom. The van der Waals surface area contributed by atoms with Crippen LogP contribution in [-0.2, 0) is 5.60 Å². The van der Waals surface area contributed by atoms with Crippen LogP contribution < -0.4 is 28.7 Å². The lowest BCUT2D eigenvalue weighted by Crippen LogP contribution is -2.48. The van der Waals surface area contributed by atoms with Gasteiger partial charge < -0.3 is 33.9 Å². The van der Waals surface area contributed by atoms with Gasteiger partial charge in [0.1, 0.15) is 46.1 Å². The molecule has 2 aliphatic rings. The van der Waals surface area contributed by atoms with Crippen molar-refractivity contribution in [2.24, 2.45) is 0 Å². The fraction of sp³-hybridized carbons (Fsp3) is 0.390. The van der Waals surface area contributed by atoms with E-state index in [-0.39, 0.29) is 48.7 Å². The first-order chi connectivity index (χ1) is 25.2. The van der Waals surface area contributed by atoms with E-state index in [0.29, 0.717) is 55.8 Å². The number of nitriles is 1. The first-order valence-corrected chi connectivity index (χ1v) is 17.8. The molecule has 0 bridgehead atoms. The van der Waals surface area contributed by atoms with E-state index in [9.17, 15) is 10.4 Å². The van der Waals surface area contributed by atoms with Crippen LogP contribution in [0.5, 0.6) is 23.0 Å². The van der Waals surface area contributed by atoms with Gasteiger partial charge in [0.2, 0.25) is 0 Å². The van der Waals surface area contributed by atoms with E-state index >= 15 is 13.2 Å². The number of anilines is 2. The highest BCUT2D eigenvalue weighted by Crippen LogP contribution is 2.50. The SMILES string of the molecule is CCOc1ccc(F)c(C2CC(Oc3ccc(N4CC(O)CC4CC#N)cc3)(c3cc(OCC)ccc3F)CCN2c2cc(OCC)ccc2F)c1. The molecule has 4 unspecified atom stereocenters. The highest BCUT2D eigenvalue weighted by atomic mass is 19.1. The van der Waals surface area contributed by atoms with Gasteiger partial charge in [-0.1, -0.05) is 0 Å². The Labute approximate surface area is 302 Å². The molecule has 1 N–H and O–H groups in total.